The van der Waals surface area contributed by atoms with E-state index in [2.05, 4.69) is 32.3 Å². The Kier molecular flexibility index (Phi) is 4.62. The molecule has 0 aromatic carbocycles. The van der Waals surface area contributed by atoms with Gasteiger partial charge in [-0.15, -0.1) is 0 Å². The van der Waals surface area contributed by atoms with E-state index in [0.29, 0.717) is 11.6 Å². The second-order valence-electron chi connectivity index (χ2n) is 5.60. The topological polar surface area (TPSA) is 64.8 Å². The van der Waals surface area contributed by atoms with Gasteiger partial charge in [0.2, 0.25) is 0 Å². The number of piperidine rings is 1. The first kappa shape index (κ1) is 14.5. The summed E-state index contributed by atoms with van der Waals surface area (Å²) in [6.07, 6.45) is 7.58. The Labute approximate surface area is 130 Å². The highest BCUT2D eigenvalue weighted by Gasteiger charge is 2.19. The molecule has 0 aliphatic carbocycles. The average molecular weight is 293 g/mol. The van der Waals surface area contributed by atoms with Crippen molar-refractivity contribution in [2.24, 2.45) is 0 Å². The van der Waals surface area contributed by atoms with Gasteiger partial charge < -0.3 is 5.32 Å². The summed E-state index contributed by atoms with van der Waals surface area (Å²) in [5.41, 5.74) is 1.91. The molecule has 1 saturated heterocycles. The van der Waals surface area contributed by atoms with E-state index in [1.165, 1.54) is 5.56 Å². The zero-order chi connectivity index (χ0) is 15.2. The Balaban J connectivity index is 1.50. The first-order chi connectivity index (χ1) is 10.8. The maximum absolute atomic E-state index is 8.93. The fourth-order valence-corrected chi connectivity index (χ4v) is 2.77. The number of pyridine rings is 2. The molecule has 1 fully saturated rings. The van der Waals surface area contributed by atoms with Crippen LogP contribution in [0.2, 0.25) is 0 Å². The normalized spacial score (nSPS) is 16.1. The van der Waals surface area contributed by atoms with Crippen molar-refractivity contribution in [1.29, 1.82) is 5.26 Å². The minimum absolute atomic E-state index is 0.423. The molecule has 5 heteroatoms. The van der Waals surface area contributed by atoms with E-state index >= 15 is 0 Å². The molecule has 5 nitrogen and oxygen atoms in total. The summed E-state index contributed by atoms with van der Waals surface area (Å²) in [5.74, 6) is 0.796. The number of nitriles is 1. The van der Waals surface area contributed by atoms with Crippen LogP contribution < -0.4 is 5.32 Å². The molecular weight excluding hydrogens is 274 g/mol. The summed E-state index contributed by atoms with van der Waals surface area (Å²) in [5, 5.41) is 12.4. The third-order valence-corrected chi connectivity index (χ3v) is 3.96. The van der Waals surface area contributed by atoms with Crippen LogP contribution in [0.1, 0.15) is 24.0 Å². The van der Waals surface area contributed by atoms with Crippen molar-refractivity contribution in [3.05, 3.63) is 54.0 Å². The largest absolute Gasteiger partial charge is 0.367 e. The maximum Gasteiger partial charge on any atom is 0.127 e. The quantitative estimate of drug-likeness (QED) is 0.938. The van der Waals surface area contributed by atoms with Crippen LogP contribution in [0.4, 0.5) is 5.82 Å². The highest BCUT2D eigenvalue weighted by atomic mass is 15.1. The third kappa shape index (κ3) is 3.80. The van der Waals surface area contributed by atoms with Gasteiger partial charge >= 0.3 is 0 Å². The minimum atomic E-state index is 0.423. The Morgan fingerprint density at radius 2 is 2.14 bits per heavy atom. The molecule has 3 rings (SSSR count). The van der Waals surface area contributed by atoms with E-state index in [-0.39, 0.29) is 0 Å². The molecule has 22 heavy (non-hydrogen) atoms. The number of hydrogen-bond donors (Lipinski definition) is 1. The summed E-state index contributed by atoms with van der Waals surface area (Å²) in [7, 11) is 0. The lowest BCUT2D eigenvalue weighted by Crippen LogP contribution is -2.38. The fourth-order valence-electron chi connectivity index (χ4n) is 2.77. The van der Waals surface area contributed by atoms with Gasteiger partial charge in [-0.25, -0.2) is 4.98 Å². The van der Waals surface area contributed by atoms with E-state index in [0.717, 1.165) is 38.3 Å². The van der Waals surface area contributed by atoms with Crippen molar-refractivity contribution < 1.29 is 0 Å². The minimum Gasteiger partial charge on any atom is -0.367 e. The van der Waals surface area contributed by atoms with Crippen molar-refractivity contribution in [1.82, 2.24) is 14.9 Å². The Hall–Kier alpha value is -2.45. The number of likely N-dealkylation sites (tertiary alicyclic amines) is 1. The molecule has 0 amide bonds. The number of aromatic nitrogens is 2. The van der Waals surface area contributed by atoms with Crippen LogP contribution in [0.15, 0.2) is 42.9 Å². The van der Waals surface area contributed by atoms with Gasteiger partial charge in [0.25, 0.3) is 0 Å². The summed E-state index contributed by atoms with van der Waals surface area (Å²) in [6.45, 7) is 3.08. The second kappa shape index (κ2) is 7.01. The molecule has 3 heterocycles. The Bertz CT molecular complexity index is 642. The maximum atomic E-state index is 8.93. The van der Waals surface area contributed by atoms with E-state index in [4.69, 9.17) is 5.26 Å². The molecule has 1 aliphatic heterocycles. The van der Waals surface area contributed by atoms with Gasteiger partial charge in [-0.2, -0.15) is 5.26 Å². The molecule has 2 aromatic heterocycles. The Morgan fingerprint density at radius 1 is 1.27 bits per heavy atom. The van der Waals surface area contributed by atoms with Gasteiger partial charge in [0, 0.05) is 44.3 Å². The number of hydrogen-bond acceptors (Lipinski definition) is 5. The smallest absolute Gasteiger partial charge is 0.127 e. The summed E-state index contributed by atoms with van der Waals surface area (Å²) in [6, 6.07) is 10.2. The lowest BCUT2D eigenvalue weighted by Gasteiger charge is -2.32. The Morgan fingerprint density at radius 3 is 2.86 bits per heavy atom. The monoisotopic (exact) mass is 293 g/mol. The highest BCUT2D eigenvalue weighted by Crippen LogP contribution is 2.17. The molecule has 1 N–H and O–H groups in total. The lowest BCUT2D eigenvalue weighted by atomic mass is 10.0. The van der Waals surface area contributed by atoms with Crippen LogP contribution >= 0.6 is 0 Å². The molecule has 2 aromatic rings. The van der Waals surface area contributed by atoms with Crippen LogP contribution in [-0.4, -0.2) is 34.0 Å². The molecule has 0 radical (unpaired) electrons. The van der Waals surface area contributed by atoms with Crippen molar-refractivity contribution in [2.45, 2.75) is 25.4 Å². The number of nitrogens with one attached hydrogen (secondary N) is 1. The predicted molar refractivity (Wildman–Crippen MR) is 85.1 cm³/mol. The molecule has 0 bridgehead atoms. The molecule has 1 aliphatic rings. The SMILES string of the molecule is N#Cc1ccnc(NC2CCN(Cc3cccnc3)CC2)c1. The summed E-state index contributed by atoms with van der Waals surface area (Å²) >= 11 is 0. The number of rotatable bonds is 4. The zero-order valence-electron chi connectivity index (χ0n) is 12.4. The van der Waals surface area contributed by atoms with Crippen LogP contribution in [0.5, 0.6) is 0 Å². The number of nitrogens with zero attached hydrogens (tertiary/aromatic N) is 4. The molecule has 0 saturated carbocycles. The van der Waals surface area contributed by atoms with E-state index in [1.54, 1.807) is 12.3 Å². The standard InChI is InChI=1S/C17H19N5/c18-11-14-3-7-20-17(10-14)21-16-4-8-22(9-5-16)13-15-2-1-6-19-12-15/h1-3,6-7,10,12,16H,4-5,8-9,13H2,(H,20,21). The molecule has 0 atom stereocenters. The van der Waals surface area contributed by atoms with E-state index in [9.17, 15) is 0 Å². The molecule has 0 unspecified atom stereocenters. The predicted octanol–water partition coefficient (Wildman–Crippen LogP) is 2.42. The molecule has 0 spiro atoms. The second-order valence-corrected chi connectivity index (χ2v) is 5.60. The van der Waals surface area contributed by atoms with E-state index in [1.807, 2.05) is 24.5 Å². The average Bonchev–Trinajstić information content (AvgIpc) is 2.58. The first-order valence-corrected chi connectivity index (χ1v) is 7.57. The lowest BCUT2D eigenvalue weighted by molar-refractivity contribution is 0.211. The van der Waals surface area contributed by atoms with Gasteiger partial charge in [-0.05, 0) is 36.6 Å². The van der Waals surface area contributed by atoms with Gasteiger partial charge in [0.1, 0.15) is 5.82 Å². The van der Waals surface area contributed by atoms with Crippen LogP contribution in [-0.2, 0) is 6.54 Å². The highest BCUT2D eigenvalue weighted by molar-refractivity contribution is 5.43. The van der Waals surface area contributed by atoms with Gasteiger partial charge in [-0.3, -0.25) is 9.88 Å². The number of anilines is 1. The zero-order valence-corrected chi connectivity index (χ0v) is 12.4. The summed E-state index contributed by atoms with van der Waals surface area (Å²) in [4.78, 5) is 10.9. The van der Waals surface area contributed by atoms with Crippen molar-refractivity contribution in [2.75, 3.05) is 18.4 Å². The van der Waals surface area contributed by atoms with Gasteiger partial charge in [-0.1, -0.05) is 6.07 Å². The van der Waals surface area contributed by atoms with Crippen LogP contribution in [0.3, 0.4) is 0 Å². The fraction of sp³-hybridized carbons (Fsp3) is 0.353. The van der Waals surface area contributed by atoms with Crippen molar-refractivity contribution >= 4 is 5.82 Å². The van der Waals surface area contributed by atoms with Crippen LogP contribution in [0.25, 0.3) is 0 Å². The van der Waals surface area contributed by atoms with Gasteiger partial charge in [0.15, 0.2) is 0 Å². The van der Waals surface area contributed by atoms with E-state index < -0.39 is 0 Å². The molecule has 112 valence electrons. The first-order valence-electron chi connectivity index (χ1n) is 7.57. The van der Waals surface area contributed by atoms with Crippen molar-refractivity contribution in [3.63, 3.8) is 0 Å². The van der Waals surface area contributed by atoms with Crippen LogP contribution in [0, 0.1) is 11.3 Å². The third-order valence-electron chi connectivity index (χ3n) is 3.96. The summed E-state index contributed by atoms with van der Waals surface area (Å²) < 4.78 is 0. The van der Waals surface area contributed by atoms with Gasteiger partial charge in [0.05, 0.1) is 11.6 Å². The molecular formula is C17H19N5. The van der Waals surface area contributed by atoms with Crippen molar-refractivity contribution in [3.8, 4) is 6.07 Å².